The summed E-state index contributed by atoms with van der Waals surface area (Å²) in [5.74, 6) is -0.728. The fourth-order valence-electron chi connectivity index (χ4n) is 2.36. The number of carbonyl (C=O) groups excluding carboxylic acids is 1. The van der Waals surface area contributed by atoms with Crippen molar-refractivity contribution in [2.45, 2.75) is 32.7 Å². The first kappa shape index (κ1) is 19.6. The van der Waals surface area contributed by atoms with Crippen molar-refractivity contribution in [2.75, 3.05) is 39.0 Å². The van der Waals surface area contributed by atoms with E-state index < -0.39 is 15.8 Å². The van der Waals surface area contributed by atoms with Crippen LogP contribution in [0.1, 0.15) is 26.7 Å². The summed E-state index contributed by atoms with van der Waals surface area (Å²) in [4.78, 5) is 13.7. The lowest BCUT2D eigenvalue weighted by Crippen LogP contribution is -2.47. The van der Waals surface area contributed by atoms with E-state index in [0.717, 1.165) is 25.9 Å². The first-order chi connectivity index (χ1) is 8.92. The number of amides is 1. The molecule has 0 bridgehead atoms. The SMILES string of the molecule is CCN(CC)S(=O)(=O)CC(=O)N(C)C1CCNCC1.Cl. The largest absolute Gasteiger partial charge is 0.342 e. The van der Waals surface area contributed by atoms with E-state index >= 15 is 0 Å². The van der Waals surface area contributed by atoms with Gasteiger partial charge in [0.05, 0.1) is 0 Å². The fourth-order valence-corrected chi connectivity index (χ4v) is 3.85. The van der Waals surface area contributed by atoms with Crippen LogP contribution in [0.25, 0.3) is 0 Å². The molecule has 8 heteroatoms. The molecular formula is C12H26ClN3O3S. The maximum Gasteiger partial charge on any atom is 0.239 e. The Morgan fingerprint density at radius 1 is 1.20 bits per heavy atom. The molecule has 1 amide bonds. The summed E-state index contributed by atoms with van der Waals surface area (Å²) in [6.45, 7) is 6.13. The Morgan fingerprint density at radius 3 is 2.15 bits per heavy atom. The number of halogens is 1. The van der Waals surface area contributed by atoms with Gasteiger partial charge in [-0.2, -0.15) is 0 Å². The molecule has 1 fully saturated rings. The van der Waals surface area contributed by atoms with Crippen molar-refractivity contribution in [1.82, 2.24) is 14.5 Å². The molecule has 0 aliphatic carbocycles. The smallest absolute Gasteiger partial charge is 0.239 e. The molecule has 1 N–H and O–H groups in total. The third-order valence-electron chi connectivity index (χ3n) is 3.65. The first-order valence-electron chi connectivity index (χ1n) is 6.86. The molecule has 0 aromatic heterocycles. The summed E-state index contributed by atoms with van der Waals surface area (Å²) < 4.78 is 25.4. The van der Waals surface area contributed by atoms with Crippen LogP contribution in [0, 0.1) is 0 Å². The average molecular weight is 328 g/mol. The molecule has 0 saturated carbocycles. The molecule has 120 valence electrons. The van der Waals surface area contributed by atoms with Crippen LogP contribution in [-0.4, -0.2) is 68.6 Å². The maximum atomic E-state index is 12.1. The van der Waals surface area contributed by atoms with Crippen molar-refractivity contribution in [3.63, 3.8) is 0 Å². The second-order valence-electron chi connectivity index (χ2n) is 4.83. The Morgan fingerprint density at radius 2 is 1.70 bits per heavy atom. The first-order valence-corrected chi connectivity index (χ1v) is 8.47. The molecule has 1 saturated heterocycles. The minimum absolute atomic E-state index is 0. The highest BCUT2D eigenvalue weighted by Crippen LogP contribution is 2.11. The fraction of sp³-hybridized carbons (Fsp3) is 0.917. The molecule has 0 radical (unpaired) electrons. The van der Waals surface area contributed by atoms with E-state index in [2.05, 4.69) is 5.32 Å². The van der Waals surface area contributed by atoms with Gasteiger partial charge in [0.25, 0.3) is 0 Å². The summed E-state index contributed by atoms with van der Waals surface area (Å²) in [6, 6.07) is 0.153. The number of hydrogen-bond acceptors (Lipinski definition) is 4. The Bertz CT molecular complexity index is 393. The van der Waals surface area contributed by atoms with Gasteiger partial charge >= 0.3 is 0 Å². The third kappa shape index (κ3) is 5.20. The van der Waals surface area contributed by atoms with Crippen molar-refractivity contribution < 1.29 is 13.2 Å². The molecule has 1 heterocycles. The summed E-state index contributed by atoms with van der Waals surface area (Å²) in [5.41, 5.74) is 0. The second-order valence-corrected chi connectivity index (χ2v) is 6.80. The molecule has 0 atom stereocenters. The minimum atomic E-state index is -3.48. The molecule has 1 aliphatic heterocycles. The van der Waals surface area contributed by atoms with E-state index in [1.54, 1.807) is 25.8 Å². The zero-order valence-corrected chi connectivity index (χ0v) is 14.1. The van der Waals surface area contributed by atoms with Gasteiger partial charge in [-0.05, 0) is 25.9 Å². The van der Waals surface area contributed by atoms with Gasteiger partial charge in [0.1, 0.15) is 5.75 Å². The molecule has 0 aromatic carbocycles. The molecule has 1 aliphatic rings. The quantitative estimate of drug-likeness (QED) is 0.761. The van der Waals surface area contributed by atoms with Crippen LogP contribution in [0.15, 0.2) is 0 Å². The van der Waals surface area contributed by atoms with Gasteiger partial charge in [-0.3, -0.25) is 4.79 Å². The van der Waals surface area contributed by atoms with Crippen LogP contribution in [-0.2, 0) is 14.8 Å². The highest BCUT2D eigenvalue weighted by atomic mass is 35.5. The van der Waals surface area contributed by atoms with Gasteiger partial charge in [0, 0.05) is 26.2 Å². The van der Waals surface area contributed by atoms with Crippen molar-refractivity contribution >= 4 is 28.3 Å². The summed E-state index contributed by atoms with van der Waals surface area (Å²) in [7, 11) is -1.77. The lowest BCUT2D eigenvalue weighted by atomic mass is 10.1. The van der Waals surface area contributed by atoms with Gasteiger partial charge in [-0.1, -0.05) is 13.8 Å². The highest BCUT2D eigenvalue weighted by Gasteiger charge is 2.28. The number of carbonyl (C=O) groups is 1. The summed E-state index contributed by atoms with van der Waals surface area (Å²) in [6.07, 6.45) is 1.76. The number of hydrogen-bond donors (Lipinski definition) is 1. The maximum absolute atomic E-state index is 12.1. The Kier molecular flexibility index (Phi) is 8.65. The van der Waals surface area contributed by atoms with E-state index in [-0.39, 0.29) is 24.4 Å². The number of sulfonamides is 1. The molecular weight excluding hydrogens is 302 g/mol. The monoisotopic (exact) mass is 327 g/mol. The van der Waals surface area contributed by atoms with E-state index in [0.29, 0.717) is 13.1 Å². The van der Waals surface area contributed by atoms with Gasteiger partial charge < -0.3 is 10.2 Å². The summed E-state index contributed by atoms with van der Waals surface area (Å²) in [5, 5.41) is 3.23. The van der Waals surface area contributed by atoms with Crippen LogP contribution in [0.4, 0.5) is 0 Å². The van der Waals surface area contributed by atoms with Crippen molar-refractivity contribution in [3.8, 4) is 0 Å². The second kappa shape index (κ2) is 8.81. The predicted molar refractivity (Wildman–Crippen MR) is 82.6 cm³/mol. The number of nitrogens with zero attached hydrogens (tertiary/aromatic N) is 2. The van der Waals surface area contributed by atoms with Gasteiger partial charge in [-0.15, -0.1) is 12.4 Å². The zero-order valence-electron chi connectivity index (χ0n) is 12.5. The van der Waals surface area contributed by atoms with Gasteiger partial charge in [-0.25, -0.2) is 12.7 Å². The lowest BCUT2D eigenvalue weighted by molar-refractivity contribution is -0.129. The molecule has 0 unspecified atom stereocenters. The Balaban J connectivity index is 0.00000361. The van der Waals surface area contributed by atoms with Crippen molar-refractivity contribution in [2.24, 2.45) is 0 Å². The van der Waals surface area contributed by atoms with Crippen molar-refractivity contribution in [3.05, 3.63) is 0 Å². The number of piperidine rings is 1. The molecule has 1 rings (SSSR count). The van der Waals surface area contributed by atoms with Gasteiger partial charge in [0.2, 0.25) is 15.9 Å². The van der Waals surface area contributed by atoms with Gasteiger partial charge in [0.15, 0.2) is 0 Å². The standard InChI is InChI=1S/C12H25N3O3S.ClH/c1-4-15(5-2)19(17,18)10-12(16)14(3)11-6-8-13-9-7-11;/h11,13H,4-10H2,1-3H3;1H. The normalized spacial score (nSPS) is 16.8. The van der Waals surface area contributed by atoms with Crippen molar-refractivity contribution in [1.29, 1.82) is 0 Å². The number of nitrogens with one attached hydrogen (secondary N) is 1. The summed E-state index contributed by atoms with van der Waals surface area (Å²) >= 11 is 0. The Hall–Kier alpha value is -0.370. The van der Waals surface area contributed by atoms with Crippen LogP contribution in [0.5, 0.6) is 0 Å². The van der Waals surface area contributed by atoms with Crippen LogP contribution >= 0.6 is 12.4 Å². The average Bonchev–Trinajstić information content (AvgIpc) is 2.39. The van der Waals surface area contributed by atoms with Crippen LogP contribution in [0.2, 0.25) is 0 Å². The predicted octanol–water partition coefficient (Wildman–Crippen LogP) is 0.290. The van der Waals surface area contributed by atoms with E-state index in [9.17, 15) is 13.2 Å². The lowest BCUT2D eigenvalue weighted by Gasteiger charge is -2.32. The topological polar surface area (TPSA) is 69.7 Å². The van der Waals surface area contributed by atoms with Crippen LogP contribution in [0.3, 0.4) is 0 Å². The molecule has 20 heavy (non-hydrogen) atoms. The third-order valence-corrected chi connectivity index (χ3v) is 5.57. The molecule has 0 spiro atoms. The zero-order chi connectivity index (χ0) is 14.5. The van der Waals surface area contributed by atoms with E-state index in [1.807, 2.05) is 0 Å². The molecule has 6 nitrogen and oxygen atoms in total. The highest BCUT2D eigenvalue weighted by molar-refractivity contribution is 7.89. The molecule has 0 aromatic rings. The Labute approximate surface area is 128 Å². The van der Waals surface area contributed by atoms with E-state index in [4.69, 9.17) is 0 Å². The minimum Gasteiger partial charge on any atom is -0.342 e. The van der Waals surface area contributed by atoms with E-state index in [1.165, 1.54) is 4.31 Å². The van der Waals surface area contributed by atoms with Crippen LogP contribution < -0.4 is 5.32 Å². The number of rotatable bonds is 6.